The van der Waals surface area contributed by atoms with Gasteiger partial charge < -0.3 is 30.6 Å². The number of piperidine rings is 1. The summed E-state index contributed by atoms with van der Waals surface area (Å²) in [6, 6.07) is 5.46. The number of rotatable bonds is 11. The van der Waals surface area contributed by atoms with Crippen LogP contribution in [0.3, 0.4) is 0 Å². The molecular formula is C45H43F5N8O10. The van der Waals surface area contributed by atoms with Gasteiger partial charge in [-0.05, 0) is 87.1 Å². The molecule has 0 aliphatic carbocycles. The van der Waals surface area contributed by atoms with Crippen molar-refractivity contribution in [3.8, 4) is 0 Å². The number of carbonyl (C=O) groups is 4. The Morgan fingerprint density at radius 3 is 1.44 bits per heavy atom. The highest BCUT2D eigenvalue weighted by molar-refractivity contribution is 5.99. The van der Waals surface area contributed by atoms with Gasteiger partial charge in [-0.1, -0.05) is 12.1 Å². The van der Waals surface area contributed by atoms with Gasteiger partial charge in [-0.3, -0.25) is 39.6 Å². The van der Waals surface area contributed by atoms with Gasteiger partial charge in [0.05, 0.1) is 21.9 Å². The highest BCUT2D eigenvalue weighted by Gasteiger charge is 2.43. The van der Waals surface area contributed by atoms with Gasteiger partial charge in [0.1, 0.15) is 46.6 Å². The average Bonchev–Trinajstić information content (AvgIpc) is 4.08. The lowest BCUT2D eigenvalue weighted by Gasteiger charge is -2.36. The first-order valence-corrected chi connectivity index (χ1v) is 21.8. The quantitative estimate of drug-likeness (QED) is 0.0628. The summed E-state index contributed by atoms with van der Waals surface area (Å²) in [5.74, 6) is -6.81. The van der Waals surface area contributed by atoms with E-state index in [1.54, 1.807) is 12.1 Å². The molecule has 0 spiro atoms. The average molecular weight is 951 g/mol. The first kappa shape index (κ1) is 46.9. The fourth-order valence-electron chi connectivity index (χ4n) is 10.1. The maximum atomic E-state index is 16.5. The van der Waals surface area contributed by atoms with E-state index >= 15 is 17.6 Å². The standard InChI is InChI=1S/C45H43F5N8O10/c46-25-7-5-23(6-8-25)24-11-15-53(16-12-24)41-31(49)17-26(18-32(41)50)56-35(27-19-39(57(65)66)33(21-29(27)47)51-42(59)37-3-1-13-54(37)44(61)62)9-10-36(56)28-20-40(58(67)68)34(22-30(28)48)52-43(60)38-4-2-14-55(38)45(63)64/h5-8,17-22,24,35-38H,1-4,9-16H2,(H,51,59)(H,52,60)(H,61,62)(H,63,64)/t35-,36-,37+,38+/m1/s1. The van der Waals surface area contributed by atoms with E-state index in [1.165, 1.54) is 21.9 Å². The number of hydrogen-bond acceptors (Lipinski definition) is 10. The molecule has 4 aliphatic heterocycles. The number of carboxylic acid groups (broad SMARTS) is 2. The number of nitrogens with one attached hydrogen (secondary N) is 2. The number of hydrogen-bond donors (Lipinski definition) is 4. The van der Waals surface area contributed by atoms with E-state index in [0.717, 1.165) is 39.6 Å². The van der Waals surface area contributed by atoms with Crippen LogP contribution in [-0.4, -0.2) is 92.1 Å². The Bertz CT molecular complexity index is 2560. The highest BCUT2D eigenvalue weighted by atomic mass is 19.1. The molecule has 358 valence electrons. The molecule has 4 heterocycles. The van der Waals surface area contributed by atoms with Gasteiger partial charge in [-0.25, -0.2) is 31.5 Å². The second-order valence-corrected chi connectivity index (χ2v) is 17.1. The second-order valence-electron chi connectivity index (χ2n) is 17.1. The SMILES string of the molecule is O=C(Nc1cc(F)c([C@H]2CC[C@H](c3cc([N+](=O)[O-])c(NC(=O)[C@@H]4CCCN4C(=O)O)cc3F)N2c2cc(F)c(N3CCC(c4ccc(F)cc4)CC3)c(F)c2)cc1[N+](=O)[O-])[C@@H]1CCCN1C(=O)O. The number of nitro benzene ring substituents is 2. The van der Waals surface area contributed by atoms with Crippen molar-refractivity contribution in [3.05, 3.63) is 127 Å². The number of anilines is 4. The fraction of sp³-hybridized carbons (Fsp3) is 0.378. The van der Waals surface area contributed by atoms with E-state index in [0.29, 0.717) is 37.8 Å². The van der Waals surface area contributed by atoms with E-state index in [2.05, 4.69) is 10.6 Å². The van der Waals surface area contributed by atoms with Crippen LogP contribution >= 0.6 is 0 Å². The molecule has 4 aromatic rings. The van der Waals surface area contributed by atoms with Crippen molar-refractivity contribution in [1.29, 1.82) is 0 Å². The van der Waals surface area contributed by atoms with Crippen LogP contribution in [0.1, 0.15) is 86.1 Å². The molecule has 0 saturated carbocycles. The molecular weight excluding hydrogens is 908 g/mol. The molecule has 0 aromatic heterocycles. The summed E-state index contributed by atoms with van der Waals surface area (Å²) in [5, 5.41) is 48.6. The molecule has 4 atom stereocenters. The summed E-state index contributed by atoms with van der Waals surface area (Å²) in [5.41, 5.74) is -3.62. The molecule has 18 nitrogen and oxygen atoms in total. The molecule has 23 heteroatoms. The summed E-state index contributed by atoms with van der Waals surface area (Å²) < 4.78 is 79.7. The Morgan fingerprint density at radius 2 is 1.03 bits per heavy atom. The number of nitro groups is 2. The monoisotopic (exact) mass is 950 g/mol. The van der Waals surface area contributed by atoms with Crippen LogP contribution in [0.5, 0.6) is 0 Å². The first-order chi connectivity index (χ1) is 32.4. The van der Waals surface area contributed by atoms with Crippen LogP contribution < -0.4 is 20.4 Å². The topological polar surface area (TPSA) is 232 Å². The van der Waals surface area contributed by atoms with Crippen LogP contribution in [0.2, 0.25) is 0 Å². The Labute approximate surface area is 383 Å². The number of likely N-dealkylation sites (tertiary alicyclic amines) is 2. The van der Waals surface area contributed by atoms with Gasteiger partial charge in [0.25, 0.3) is 11.4 Å². The Morgan fingerprint density at radius 1 is 0.588 bits per heavy atom. The zero-order chi connectivity index (χ0) is 48.7. The van der Waals surface area contributed by atoms with Crippen molar-refractivity contribution in [2.45, 2.75) is 81.5 Å². The lowest BCUT2D eigenvalue weighted by molar-refractivity contribution is -0.384. The zero-order valence-corrected chi connectivity index (χ0v) is 35.9. The van der Waals surface area contributed by atoms with E-state index in [4.69, 9.17) is 0 Å². The van der Waals surface area contributed by atoms with Gasteiger partial charge in [0.2, 0.25) is 11.8 Å². The number of carbonyl (C=O) groups excluding carboxylic acids is 2. The van der Waals surface area contributed by atoms with Gasteiger partial charge in [0.15, 0.2) is 11.6 Å². The molecule has 68 heavy (non-hydrogen) atoms. The maximum absolute atomic E-state index is 16.5. The van der Waals surface area contributed by atoms with Gasteiger partial charge >= 0.3 is 12.2 Å². The number of halogens is 5. The zero-order valence-electron chi connectivity index (χ0n) is 35.9. The summed E-state index contributed by atoms with van der Waals surface area (Å²) >= 11 is 0. The van der Waals surface area contributed by atoms with E-state index in [-0.39, 0.29) is 63.5 Å². The lowest BCUT2D eigenvalue weighted by Crippen LogP contribution is -2.42. The number of amides is 4. The highest BCUT2D eigenvalue weighted by Crippen LogP contribution is 2.51. The smallest absolute Gasteiger partial charge is 0.407 e. The van der Waals surface area contributed by atoms with Crippen LogP contribution in [0.25, 0.3) is 0 Å². The largest absolute Gasteiger partial charge is 0.465 e. The molecule has 4 saturated heterocycles. The molecule has 4 fully saturated rings. The molecule has 0 radical (unpaired) electrons. The minimum atomic E-state index is -1.40. The van der Waals surface area contributed by atoms with Crippen LogP contribution in [0, 0.1) is 49.3 Å². The summed E-state index contributed by atoms with van der Waals surface area (Å²) in [7, 11) is 0. The van der Waals surface area contributed by atoms with E-state index in [9.17, 15) is 54.0 Å². The van der Waals surface area contributed by atoms with Gasteiger partial charge in [-0.15, -0.1) is 0 Å². The minimum Gasteiger partial charge on any atom is -0.465 e. The van der Waals surface area contributed by atoms with Crippen LogP contribution in [0.4, 0.5) is 65.7 Å². The number of nitrogens with zero attached hydrogens (tertiary/aromatic N) is 6. The van der Waals surface area contributed by atoms with Gasteiger partial charge in [-0.2, -0.15) is 0 Å². The number of benzene rings is 4. The second kappa shape index (κ2) is 19.0. The third kappa shape index (κ3) is 9.10. The maximum Gasteiger partial charge on any atom is 0.407 e. The van der Waals surface area contributed by atoms with Crippen molar-refractivity contribution in [2.75, 3.05) is 46.6 Å². The molecule has 0 unspecified atom stereocenters. The van der Waals surface area contributed by atoms with Crippen LogP contribution in [0.15, 0.2) is 60.7 Å². The van der Waals surface area contributed by atoms with Crippen molar-refractivity contribution in [2.24, 2.45) is 0 Å². The fourth-order valence-corrected chi connectivity index (χ4v) is 10.1. The molecule has 4 aliphatic rings. The Hall–Kier alpha value is -7.59. The third-order valence-corrected chi connectivity index (χ3v) is 13.3. The van der Waals surface area contributed by atoms with Gasteiger partial charge in [0, 0.05) is 67.3 Å². The van der Waals surface area contributed by atoms with Crippen molar-refractivity contribution >= 4 is 58.1 Å². The normalized spacial score (nSPS) is 20.7. The predicted octanol–water partition coefficient (Wildman–Crippen LogP) is 8.83. The minimum absolute atomic E-state index is 0.0206. The predicted molar refractivity (Wildman–Crippen MR) is 233 cm³/mol. The van der Waals surface area contributed by atoms with E-state index in [1.807, 2.05) is 0 Å². The Balaban J connectivity index is 1.17. The molecule has 0 bridgehead atoms. The van der Waals surface area contributed by atoms with Crippen molar-refractivity contribution in [3.63, 3.8) is 0 Å². The van der Waals surface area contributed by atoms with Crippen molar-refractivity contribution < 1.29 is 61.2 Å². The summed E-state index contributed by atoms with van der Waals surface area (Å²) in [6.45, 7) is 0.438. The first-order valence-electron chi connectivity index (χ1n) is 21.8. The molecule has 4 aromatic carbocycles. The van der Waals surface area contributed by atoms with Crippen molar-refractivity contribution in [1.82, 2.24) is 9.80 Å². The summed E-state index contributed by atoms with van der Waals surface area (Å²) in [6.07, 6.45) is -1.41. The molecule has 4 N–H and O–H groups in total. The molecule has 8 rings (SSSR count). The lowest BCUT2D eigenvalue weighted by atomic mass is 9.89. The third-order valence-electron chi connectivity index (χ3n) is 13.3. The van der Waals surface area contributed by atoms with E-state index < -0.39 is 127 Å². The Kier molecular flexibility index (Phi) is 13.1. The molecule has 4 amide bonds. The summed E-state index contributed by atoms with van der Waals surface area (Å²) in [4.78, 5) is 77.4. The van der Waals surface area contributed by atoms with Crippen LogP contribution in [-0.2, 0) is 9.59 Å².